The quantitative estimate of drug-likeness (QED) is 0.600. The fraction of sp³-hybridized carbons (Fsp3) is 0.667. The number of hydrogen-bond acceptors (Lipinski definition) is 1. The molecule has 1 aliphatic heterocycles. The van der Waals surface area contributed by atoms with Crippen molar-refractivity contribution in [1.82, 2.24) is 0 Å². The Morgan fingerprint density at radius 1 is 1.31 bits per heavy atom. The summed E-state index contributed by atoms with van der Waals surface area (Å²) in [7, 11) is 0. The van der Waals surface area contributed by atoms with Gasteiger partial charge in [-0.2, -0.15) is 0 Å². The summed E-state index contributed by atoms with van der Waals surface area (Å²) in [6.07, 6.45) is 3.92. The Morgan fingerprint density at radius 2 is 1.92 bits per heavy atom. The highest BCUT2D eigenvalue weighted by atomic mass is 16.5. The molecule has 0 saturated carbocycles. The molecular weight excluding hydrogens is 160 g/mol. The second-order valence-corrected chi connectivity index (χ2v) is 4.96. The number of hydrogen-bond donors (Lipinski definition) is 0. The van der Waals surface area contributed by atoms with Crippen LogP contribution in [0, 0.1) is 11.3 Å². The van der Waals surface area contributed by atoms with E-state index in [9.17, 15) is 0 Å². The smallest absolute Gasteiger partial charge is 0.109 e. The van der Waals surface area contributed by atoms with Crippen LogP contribution in [0.25, 0.3) is 0 Å². The lowest BCUT2D eigenvalue weighted by Crippen LogP contribution is -2.18. The predicted molar refractivity (Wildman–Crippen MR) is 56.4 cm³/mol. The zero-order valence-corrected chi connectivity index (χ0v) is 9.35. The summed E-state index contributed by atoms with van der Waals surface area (Å²) in [6.45, 7) is 12.0. The Balaban J connectivity index is 3.05. The molecule has 0 N–H and O–H groups in total. The summed E-state index contributed by atoms with van der Waals surface area (Å²) in [5.41, 5.74) is 3.11. The van der Waals surface area contributed by atoms with E-state index in [1.54, 1.807) is 0 Å². The molecule has 74 valence electrons. The molecule has 0 aromatic rings. The van der Waals surface area contributed by atoms with Crippen molar-refractivity contribution >= 4 is 0 Å². The molecular formula is C12H20O. The Labute approximate surface area is 81.5 Å². The Morgan fingerprint density at radius 3 is 2.31 bits per heavy atom. The van der Waals surface area contributed by atoms with Crippen molar-refractivity contribution in [2.45, 2.75) is 34.6 Å². The van der Waals surface area contributed by atoms with Crippen molar-refractivity contribution in [1.29, 1.82) is 0 Å². The van der Waals surface area contributed by atoms with E-state index in [-0.39, 0.29) is 5.41 Å². The molecule has 0 aliphatic carbocycles. The fourth-order valence-electron chi connectivity index (χ4n) is 1.65. The van der Waals surface area contributed by atoms with Crippen LogP contribution < -0.4 is 0 Å². The van der Waals surface area contributed by atoms with Crippen molar-refractivity contribution < 1.29 is 4.74 Å². The van der Waals surface area contributed by atoms with Crippen LogP contribution in [0.5, 0.6) is 0 Å². The molecule has 1 aliphatic rings. The van der Waals surface area contributed by atoms with Gasteiger partial charge in [0, 0.05) is 0 Å². The van der Waals surface area contributed by atoms with Crippen molar-refractivity contribution in [3.63, 3.8) is 0 Å². The van der Waals surface area contributed by atoms with Gasteiger partial charge in [0.25, 0.3) is 0 Å². The number of rotatable bonds is 1. The van der Waals surface area contributed by atoms with Crippen molar-refractivity contribution in [3.8, 4) is 0 Å². The average molecular weight is 180 g/mol. The van der Waals surface area contributed by atoms with E-state index >= 15 is 0 Å². The number of allylic oxidation sites excluding steroid dienone is 2. The van der Waals surface area contributed by atoms with Crippen LogP contribution in [0.3, 0.4) is 0 Å². The molecule has 0 spiro atoms. The van der Waals surface area contributed by atoms with Crippen molar-refractivity contribution in [2.75, 3.05) is 6.61 Å². The monoisotopic (exact) mass is 180 g/mol. The normalized spacial score (nSPS) is 18.0. The van der Waals surface area contributed by atoms with E-state index in [1.165, 1.54) is 11.1 Å². The lowest BCUT2D eigenvalue weighted by molar-refractivity contribution is 0.257. The van der Waals surface area contributed by atoms with Crippen LogP contribution in [0.1, 0.15) is 34.6 Å². The molecule has 1 rings (SSSR count). The third kappa shape index (κ3) is 2.36. The predicted octanol–water partition coefficient (Wildman–Crippen LogP) is 3.53. The molecule has 1 heteroatoms. The van der Waals surface area contributed by atoms with E-state index in [0.717, 1.165) is 6.61 Å². The van der Waals surface area contributed by atoms with Crippen LogP contribution in [0.2, 0.25) is 0 Å². The summed E-state index contributed by atoms with van der Waals surface area (Å²) in [5, 5.41) is 0. The van der Waals surface area contributed by atoms with Gasteiger partial charge in [0.05, 0.1) is 6.26 Å². The van der Waals surface area contributed by atoms with Gasteiger partial charge in [0.15, 0.2) is 0 Å². The van der Waals surface area contributed by atoms with Gasteiger partial charge < -0.3 is 4.74 Å². The maximum atomic E-state index is 5.33. The first-order valence-electron chi connectivity index (χ1n) is 4.94. The van der Waals surface area contributed by atoms with Gasteiger partial charge in [-0.15, -0.1) is 0 Å². The molecule has 0 fully saturated rings. The van der Waals surface area contributed by atoms with Gasteiger partial charge in [-0.1, -0.05) is 34.6 Å². The Kier molecular flexibility index (Phi) is 2.84. The van der Waals surface area contributed by atoms with Crippen LogP contribution in [0.4, 0.5) is 0 Å². The molecule has 0 aromatic heterocycles. The highest BCUT2D eigenvalue weighted by Crippen LogP contribution is 2.33. The maximum absolute atomic E-state index is 5.33. The molecule has 0 aromatic carbocycles. The van der Waals surface area contributed by atoms with E-state index < -0.39 is 0 Å². The molecule has 13 heavy (non-hydrogen) atoms. The van der Waals surface area contributed by atoms with Crippen molar-refractivity contribution in [3.05, 3.63) is 23.5 Å². The average Bonchev–Trinajstić information content (AvgIpc) is 2.03. The second kappa shape index (κ2) is 3.57. The largest absolute Gasteiger partial charge is 0.497 e. The third-order valence-corrected chi connectivity index (χ3v) is 2.42. The summed E-state index contributed by atoms with van der Waals surface area (Å²) in [4.78, 5) is 0. The van der Waals surface area contributed by atoms with Crippen LogP contribution in [-0.4, -0.2) is 6.61 Å². The summed E-state index contributed by atoms with van der Waals surface area (Å²) < 4.78 is 5.33. The maximum Gasteiger partial charge on any atom is 0.109 e. The lowest BCUT2D eigenvalue weighted by atomic mass is 9.80. The zero-order valence-electron chi connectivity index (χ0n) is 9.35. The van der Waals surface area contributed by atoms with Crippen LogP contribution in [-0.2, 0) is 4.74 Å². The fourth-order valence-corrected chi connectivity index (χ4v) is 1.65. The minimum absolute atomic E-state index is 0.236. The van der Waals surface area contributed by atoms with Gasteiger partial charge in [0.2, 0.25) is 0 Å². The first kappa shape index (κ1) is 10.4. The van der Waals surface area contributed by atoms with Crippen LogP contribution in [0.15, 0.2) is 23.5 Å². The minimum Gasteiger partial charge on any atom is -0.497 e. The van der Waals surface area contributed by atoms with Crippen molar-refractivity contribution in [2.24, 2.45) is 11.3 Å². The molecule has 0 saturated heterocycles. The molecule has 0 atom stereocenters. The SMILES string of the molecule is CC(C)C1=C(C(C)(C)C)C=COC1. The van der Waals surface area contributed by atoms with Gasteiger partial charge in [-0.25, -0.2) is 0 Å². The summed E-state index contributed by atoms with van der Waals surface area (Å²) in [5.74, 6) is 0.583. The lowest BCUT2D eigenvalue weighted by Gasteiger charge is -2.28. The Bertz CT molecular complexity index is 238. The summed E-state index contributed by atoms with van der Waals surface area (Å²) in [6, 6.07) is 0. The minimum atomic E-state index is 0.236. The van der Waals surface area contributed by atoms with Gasteiger partial charge >= 0.3 is 0 Å². The second-order valence-electron chi connectivity index (χ2n) is 4.96. The molecule has 0 bridgehead atoms. The third-order valence-electron chi connectivity index (χ3n) is 2.42. The molecule has 1 heterocycles. The van der Waals surface area contributed by atoms with Gasteiger partial charge in [0.1, 0.15) is 6.61 Å². The topological polar surface area (TPSA) is 9.23 Å². The molecule has 0 unspecified atom stereocenters. The van der Waals surface area contributed by atoms with E-state index in [2.05, 4.69) is 40.7 Å². The Hall–Kier alpha value is -0.720. The first-order chi connectivity index (χ1) is 5.93. The standard InChI is InChI=1S/C12H20O/c1-9(2)10-8-13-7-6-11(10)12(3,4)5/h6-7,9H,8H2,1-5H3. The van der Waals surface area contributed by atoms with Gasteiger partial charge in [-0.3, -0.25) is 0 Å². The van der Waals surface area contributed by atoms with E-state index in [4.69, 9.17) is 4.74 Å². The summed E-state index contributed by atoms with van der Waals surface area (Å²) >= 11 is 0. The van der Waals surface area contributed by atoms with Gasteiger partial charge in [-0.05, 0) is 28.6 Å². The highest BCUT2D eigenvalue weighted by molar-refractivity contribution is 5.33. The van der Waals surface area contributed by atoms with Crippen LogP contribution >= 0.6 is 0 Å². The number of ether oxygens (including phenoxy) is 1. The highest BCUT2D eigenvalue weighted by Gasteiger charge is 2.22. The zero-order chi connectivity index (χ0) is 10.1. The van der Waals surface area contributed by atoms with E-state index in [1.807, 2.05) is 6.26 Å². The molecule has 0 amide bonds. The van der Waals surface area contributed by atoms with E-state index in [0.29, 0.717) is 5.92 Å². The first-order valence-corrected chi connectivity index (χ1v) is 4.94. The molecule has 1 nitrogen and oxygen atoms in total. The molecule has 0 radical (unpaired) electrons.